The highest BCUT2D eigenvalue weighted by Gasteiger charge is 2.35. The van der Waals surface area contributed by atoms with E-state index in [0.717, 1.165) is 5.56 Å². The smallest absolute Gasteiger partial charge is 0.410 e. The van der Waals surface area contributed by atoms with Crippen LogP contribution in [-0.2, 0) is 4.74 Å². The van der Waals surface area contributed by atoms with Crippen molar-refractivity contribution in [3.63, 3.8) is 0 Å². The van der Waals surface area contributed by atoms with Crippen LogP contribution >= 0.6 is 0 Å². The summed E-state index contributed by atoms with van der Waals surface area (Å²) in [5.74, 6) is 0.0713. The van der Waals surface area contributed by atoms with Gasteiger partial charge >= 0.3 is 6.09 Å². The predicted octanol–water partition coefficient (Wildman–Crippen LogP) is 1.94. The van der Waals surface area contributed by atoms with Crippen LogP contribution in [0.2, 0.25) is 0 Å². The molecule has 2 rings (SSSR count). The number of nitrogens with one attached hydrogen (secondary N) is 1. The Bertz CT molecular complexity index is 509. The Morgan fingerprint density at radius 1 is 1.40 bits per heavy atom. The van der Waals surface area contributed by atoms with E-state index in [0.29, 0.717) is 18.8 Å². The van der Waals surface area contributed by atoms with Crippen LogP contribution in [0.25, 0.3) is 0 Å². The minimum atomic E-state index is -0.503. The third kappa shape index (κ3) is 3.31. The van der Waals surface area contributed by atoms with E-state index in [-0.39, 0.29) is 18.0 Å². The fourth-order valence-electron chi connectivity index (χ4n) is 1.90. The van der Waals surface area contributed by atoms with E-state index >= 15 is 0 Å². The fourth-order valence-corrected chi connectivity index (χ4v) is 1.90. The van der Waals surface area contributed by atoms with Crippen LogP contribution in [0.4, 0.5) is 4.79 Å². The molecule has 1 aromatic heterocycles. The van der Waals surface area contributed by atoms with Crippen molar-refractivity contribution < 1.29 is 18.7 Å². The van der Waals surface area contributed by atoms with E-state index in [1.54, 1.807) is 11.0 Å². The van der Waals surface area contributed by atoms with Crippen molar-refractivity contribution in [1.29, 1.82) is 0 Å². The Morgan fingerprint density at radius 2 is 2.05 bits per heavy atom. The number of rotatable bonds is 2. The number of ether oxygens (including phenoxy) is 1. The van der Waals surface area contributed by atoms with E-state index in [4.69, 9.17) is 9.15 Å². The van der Waals surface area contributed by atoms with Gasteiger partial charge in [0.15, 0.2) is 5.76 Å². The quantitative estimate of drug-likeness (QED) is 0.898. The van der Waals surface area contributed by atoms with Gasteiger partial charge in [-0.3, -0.25) is 4.79 Å². The number of furan rings is 1. The lowest BCUT2D eigenvalue weighted by atomic mass is 10.1. The largest absolute Gasteiger partial charge is 0.459 e. The molecule has 6 nitrogen and oxygen atoms in total. The Morgan fingerprint density at radius 3 is 2.55 bits per heavy atom. The Hall–Kier alpha value is -1.98. The summed E-state index contributed by atoms with van der Waals surface area (Å²) >= 11 is 0. The number of hydrogen-bond acceptors (Lipinski definition) is 4. The number of likely N-dealkylation sites (tertiary alicyclic amines) is 1. The summed E-state index contributed by atoms with van der Waals surface area (Å²) in [5, 5.41) is 2.83. The van der Waals surface area contributed by atoms with E-state index in [1.807, 2.05) is 27.7 Å². The second-order valence-electron chi connectivity index (χ2n) is 5.99. The van der Waals surface area contributed by atoms with Crippen LogP contribution in [0.1, 0.15) is 36.9 Å². The van der Waals surface area contributed by atoms with E-state index in [9.17, 15) is 9.59 Å². The van der Waals surface area contributed by atoms with Crippen molar-refractivity contribution in [3.05, 3.63) is 23.7 Å². The first kappa shape index (κ1) is 14.4. The highest BCUT2D eigenvalue weighted by molar-refractivity contribution is 5.93. The van der Waals surface area contributed by atoms with Gasteiger partial charge in [-0.05, 0) is 33.8 Å². The topological polar surface area (TPSA) is 71.8 Å². The number of hydrogen-bond donors (Lipinski definition) is 1. The van der Waals surface area contributed by atoms with Gasteiger partial charge in [-0.15, -0.1) is 0 Å². The highest BCUT2D eigenvalue weighted by atomic mass is 16.6. The maximum atomic E-state index is 11.9. The van der Waals surface area contributed by atoms with Crippen LogP contribution in [0, 0.1) is 6.92 Å². The third-order valence-electron chi connectivity index (χ3n) is 2.94. The molecular weight excluding hydrogens is 260 g/mol. The van der Waals surface area contributed by atoms with Gasteiger partial charge in [0, 0.05) is 18.7 Å². The van der Waals surface area contributed by atoms with Crippen molar-refractivity contribution >= 4 is 12.0 Å². The molecule has 1 aliphatic rings. The van der Waals surface area contributed by atoms with Gasteiger partial charge < -0.3 is 19.4 Å². The van der Waals surface area contributed by atoms with E-state index in [1.165, 1.54) is 6.26 Å². The molecule has 0 radical (unpaired) electrons. The first-order valence-corrected chi connectivity index (χ1v) is 6.59. The molecule has 1 saturated heterocycles. The zero-order valence-electron chi connectivity index (χ0n) is 12.2. The van der Waals surface area contributed by atoms with E-state index < -0.39 is 5.60 Å². The van der Waals surface area contributed by atoms with E-state index in [2.05, 4.69) is 5.32 Å². The summed E-state index contributed by atoms with van der Waals surface area (Å²) in [6, 6.07) is 1.68. The predicted molar refractivity (Wildman–Crippen MR) is 72.5 cm³/mol. The molecule has 0 spiro atoms. The maximum absolute atomic E-state index is 11.9. The monoisotopic (exact) mass is 280 g/mol. The minimum absolute atomic E-state index is 0.0560. The molecule has 0 bridgehead atoms. The van der Waals surface area contributed by atoms with Gasteiger partial charge in [0.1, 0.15) is 5.60 Å². The summed E-state index contributed by atoms with van der Waals surface area (Å²) < 4.78 is 10.4. The van der Waals surface area contributed by atoms with Crippen molar-refractivity contribution in [2.45, 2.75) is 39.3 Å². The number of aryl methyl sites for hydroxylation is 1. The summed E-state index contributed by atoms with van der Waals surface area (Å²) in [6.07, 6.45) is 1.13. The molecule has 2 amide bonds. The van der Waals surface area contributed by atoms with Gasteiger partial charge in [0.2, 0.25) is 0 Å². The van der Waals surface area contributed by atoms with Gasteiger partial charge in [-0.25, -0.2) is 4.79 Å². The maximum Gasteiger partial charge on any atom is 0.410 e. The molecule has 110 valence electrons. The average molecular weight is 280 g/mol. The van der Waals surface area contributed by atoms with Gasteiger partial charge in [-0.2, -0.15) is 0 Å². The SMILES string of the molecule is Cc1ccoc1C(=O)NC1CN(C(=O)OC(C)(C)C)C1. The zero-order chi connectivity index (χ0) is 14.9. The third-order valence-corrected chi connectivity index (χ3v) is 2.94. The summed E-state index contributed by atoms with van der Waals surface area (Å²) in [4.78, 5) is 25.2. The highest BCUT2D eigenvalue weighted by Crippen LogP contribution is 2.16. The minimum Gasteiger partial charge on any atom is -0.459 e. The zero-order valence-corrected chi connectivity index (χ0v) is 12.2. The molecule has 6 heteroatoms. The lowest BCUT2D eigenvalue weighted by Gasteiger charge is -2.39. The molecule has 0 atom stereocenters. The lowest BCUT2D eigenvalue weighted by molar-refractivity contribution is 0.00521. The molecule has 1 aliphatic heterocycles. The number of nitrogens with zero attached hydrogens (tertiary/aromatic N) is 1. The summed E-state index contributed by atoms with van der Waals surface area (Å²) in [7, 11) is 0. The summed E-state index contributed by atoms with van der Waals surface area (Å²) in [6.45, 7) is 8.20. The van der Waals surface area contributed by atoms with Crippen molar-refractivity contribution in [2.75, 3.05) is 13.1 Å². The Kier molecular flexibility index (Phi) is 3.74. The Labute approximate surface area is 118 Å². The summed E-state index contributed by atoms with van der Waals surface area (Å²) in [5.41, 5.74) is 0.294. The molecular formula is C14H20N2O4. The fraction of sp³-hybridized carbons (Fsp3) is 0.571. The van der Waals surface area contributed by atoms with Crippen LogP contribution in [0.15, 0.2) is 16.7 Å². The van der Waals surface area contributed by atoms with Gasteiger partial charge in [-0.1, -0.05) is 0 Å². The van der Waals surface area contributed by atoms with Crippen LogP contribution < -0.4 is 5.32 Å². The lowest BCUT2D eigenvalue weighted by Crippen LogP contribution is -2.61. The van der Waals surface area contributed by atoms with Crippen molar-refractivity contribution in [2.24, 2.45) is 0 Å². The first-order chi connectivity index (χ1) is 9.26. The average Bonchev–Trinajstić information content (AvgIpc) is 2.66. The molecule has 1 aromatic rings. The molecule has 1 fully saturated rings. The van der Waals surface area contributed by atoms with Crippen LogP contribution in [0.3, 0.4) is 0 Å². The van der Waals surface area contributed by atoms with Crippen LogP contribution in [-0.4, -0.2) is 41.6 Å². The molecule has 20 heavy (non-hydrogen) atoms. The Balaban J connectivity index is 1.79. The standard InChI is InChI=1S/C14H20N2O4/c1-9-5-6-19-11(9)12(17)15-10-7-16(8-10)13(18)20-14(2,3)4/h5-6,10H,7-8H2,1-4H3,(H,15,17). The second kappa shape index (κ2) is 5.19. The molecule has 0 unspecified atom stereocenters. The van der Waals surface area contributed by atoms with Crippen LogP contribution in [0.5, 0.6) is 0 Å². The second-order valence-corrected chi connectivity index (χ2v) is 5.99. The molecule has 0 aliphatic carbocycles. The first-order valence-electron chi connectivity index (χ1n) is 6.59. The van der Waals surface area contributed by atoms with Gasteiger partial charge in [0.25, 0.3) is 5.91 Å². The molecule has 0 aromatic carbocycles. The van der Waals surface area contributed by atoms with Crippen molar-refractivity contribution in [1.82, 2.24) is 10.2 Å². The molecule has 0 saturated carbocycles. The molecule has 1 N–H and O–H groups in total. The van der Waals surface area contributed by atoms with Crippen molar-refractivity contribution in [3.8, 4) is 0 Å². The number of carbonyl (C=O) groups excluding carboxylic acids is 2. The van der Waals surface area contributed by atoms with Gasteiger partial charge in [0.05, 0.1) is 12.3 Å². The normalized spacial score (nSPS) is 15.7. The number of carbonyl (C=O) groups is 2. The number of amides is 2. The molecule has 2 heterocycles.